The number of hydrogen-bond donors (Lipinski definition) is 4. The Labute approximate surface area is 212 Å². The molecule has 0 saturated heterocycles. The molecule has 0 bridgehead atoms. The molecule has 0 aliphatic heterocycles. The summed E-state index contributed by atoms with van der Waals surface area (Å²) in [7, 11) is 0. The lowest BCUT2D eigenvalue weighted by Gasteiger charge is -2.09. The number of H-pyrrole nitrogens is 2. The molecule has 0 spiro atoms. The number of ether oxygens (including phenoxy) is 2. The van der Waals surface area contributed by atoms with Gasteiger partial charge in [0.25, 0.3) is 0 Å². The minimum absolute atomic E-state index is 0.195. The lowest BCUT2D eigenvalue weighted by molar-refractivity contribution is 0.247. The maximum Gasteiger partial charge on any atom is 0.138 e. The number of nitrogens with one attached hydrogen (secondary N) is 2. The summed E-state index contributed by atoms with van der Waals surface area (Å²) < 4.78 is 11.7. The van der Waals surface area contributed by atoms with Crippen molar-refractivity contribution in [2.45, 2.75) is 6.42 Å². The van der Waals surface area contributed by atoms with Gasteiger partial charge in [-0.3, -0.25) is 0 Å². The topological polar surface area (TPSA) is 116 Å². The van der Waals surface area contributed by atoms with E-state index in [1.54, 1.807) is 24.3 Å². The van der Waals surface area contributed by atoms with Crippen LogP contribution in [-0.2, 0) is 0 Å². The van der Waals surface area contributed by atoms with Crippen LogP contribution in [0.4, 0.5) is 0 Å². The van der Waals surface area contributed by atoms with Gasteiger partial charge in [-0.05, 0) is 72.8 Å². The molecule has 4 N–H and O–H groups in total. The summed E-state index contributed by atoms with van der Waals surface area (Å²) in [5, 5.41) is 19.3. The first-order valence-electron chi connectivity index (χ1n) is 11.9. The summed E-state index contributed by atoms with van der Waals surface area (Å²) in [6.07, 6.45) is 0.740. The van der Waals surface area contributed by atoms with Gasteiger partial charge in [0, 0.05) is 29.7 Å². The fraction of sp³-hybridized carbons (Fsp3) is 0.103. The molecule has 184 valence electrons. The van der Waals surface area contributed by atoms with E-state index in [0.717, 1.165) is 62.8 Å². The Morgan fingerprint density at radius 3 is 1.43 bits per heavy atom. The van der Waals surface area contributed by atoms with Crippen molar-refractivity contribution < 1.29 is 19.7 Å². The zero-order valence-electron chi connectivity index (χ0n) is 19.8. The van der Waals surface area contributed by atoms with Gasteiger partial charge in [0.2, 0.25) is 0 Å². The van der Waals surface area contributed by atoms with Crippen LogP contribution in [0.15, 0.2) is 84.9 Å². The summed E-state index contributed by atoms with van der Waals surface area (Å²) in [4.78, 5) is 15.6. The second-order valence-corrected chi connectivity index (χ2v) is 8.67. The van der Waals surface area contributed by atoms with Crippen LogP contribution >= 0.6 is 0 Å². The SMILES string of the molecule is Oc1ccc2[nH]c(-c3ccc(OCCCOc4ccc(-c5nc6cc(O)ccc6[nH]5)cc4)cc3)nc2c1. The average Bonchev–Trinajstić information content (AvgIpc) is 3.53. The first-order valence-corrected chi connectivity index (χ1v) is 11.9. The number of nitrogens with zero attached hydrogens (tertiary/aromatic N) is 2. The predicted octanol–water partition coefficient (Wildman–Crippen LogP) is 6.03. The number of aromatic amines is 2. The van der Waals surface area contributed by atoms with Crippen molar-refractivity contribution in [1.82, 2.24) is 19.9 Å². The maximum atomic E-state index is 9.63. The summed E-state index contributed by atoms with van der Waals surface area (Å²) in [6.45, 7) is 1.07. The molecule has 0 radical (unpaired) electrons. The van der Waals surface area contributed by atoms with E-state index < -0.39 is 0 Å². The van der Waals surface area contributed by atoms with Gasteiger partial charge in [-0.2, -0.15) is 0 Å². The van der Waals surface area contributed by atoms with Crippen molar-refractivity contribution in [2.75, 3.05) is 13.2 Å². The number of aromatic hydroxyl groups is 2. The van der Waals surface area contributed by atoms with Crippen molar-refractivity contribution in [3.63, 3.8) is 0 Å². The molecule has 0 amide bonds. The molecule has 2 aromatic heterocycles. The normalized spacial score (nSPS) is 11.2. The zero-order chi connectivity index (χ0) is 25.2. The van der Waals surface area contributed by atoms with Gasteiger partial charge in [-0.25, -0.2) is 9.97 Å². The molecule has 8 nitrogen and oxygen atoms in total. The summed E-state index contributed by atoms with van der Waals surface area (Å²) in [5.41, 5.74) is 5.07. The standard InChI is InChI=1S/C29H24N4O4/c34-20-6-12-24-26(16-20)32-28(30-24)18-2-8-22(9-3-18)36-14-1-15-37-23-10-4-19(5-11-23)29-31-25-13-7-21(35)17-27(25)33-29/h2-13,16-17,34-35H,1,14-15H2,(H,30,32)(H,31,33). The minimum atomic E-state index is 0.195. The molecule has 37 heavy (non-hydrogen) atoms. The molecule has 0 unspecified atom stereocenters. The highest BCUT2D eigenvalue weighted by atomic mass is 16.5. The molecule has 6 aromatic rings. The minimum Gasteiger partial charge on any atom is -0.508 e. The smallest absolute Gasteiger partial charge is 0.138 e. The van der Waals surface area contributed by atoms with Gasteiger partial charge < -0.3 is 29.7 Å². The van der Waals surface area contributed by atoms with Crippen molar-refractivity contribution in [3.05, 3.63) is 84.9 Å². The van der Waals surface area contributed by atoms with E-state index in [1.807, 2.05) is 60.7 Å². The van der Waals surface area contributed by atoms with Gasteiger partial charge in [0.05, 0.1) is 35.3 Å². The van der Waals surface area contributed by atoms with Crippen LogP contribution in [0.5, 0.6) is 23.0 Å². The highest BCUT2D eigenvalue weighted by molar-refractivity contribution is 5.81. The van der Waals surface area contributed by atoms with Crippen molar-refractivity contribution in [3.8, 4) is 45.8 Å². The number of rotatable bonds is 8. The van der Waals surface area contributed by atoms with E-state index in [2.05, 4.69) is 19.9 Å². The molecule has 0 aliphatic carbocycles. The van der Waals surface area contributed by atoms with Crippen LogP contribution in [0, 0.1) is 0 Å². The molecular weight excluding hydrogens is 468 g/mol. The Morgan fingerprint density at radius 1 is 0.568 bits per heavy atom. The third kappa shape index (κ3) is 4.90. The molecule has 0 fully saturated rings. The number of phenolic OH excluding ortho intramolecular Hbond substituents is 2. The van der Waals surface area contributed by atoms with E-state index in [0.29, 0.717) is 13.2 Å². The Balaban J connectivity index is 0.982. The number of aromatic nitrogens is 4. The fourth-order valence-corrected chi connectivity index (χ4v) is 4.12. The zero-order valence-corrected chi connectivity index (χ0v) is 19.8. The lowest BCUT2D eigenvalue weighted by atomic mass is 10.2. The fourth-order valence-electron chi connectivity index (χ4n) is 4.12. The number of hydrogen-bond acceptors (Lipinski definition) is 6. The second-order valence-electron chi connectivity index (χ2n) is 8.67. The molecule has 4 aromatic carbocycles. The van der Waals surface area contributed by atoms with Crippen LogP contribution < -0.4 is 9.47 Å². The molecule has 0 aliphatic rings. The Morgan fingerprint density at radius 2 is 1.00 bits per heavy atom. The van der Waals surface area contributed by atoms with Crippen molar-refractivity contribution in [1.29, 1.82) is 0 Å². The summed E-state index contributed by atoms with van der Waals surface area (Å²) in [6, 6.07) is 25.6. The maximum absolute atomic E-state index is 9.63. The molecule has 0 saturated carbocycles. The first kappa shape index (κ1) is 22.5. The van der Waals surface area contributed by atoms with Crippen LogP contribution in [0.25, 0.3) is 44.8 Å². The van der Waals surface area contributed by atoms with Crippen molar-refractivity contribution >= 4 is 22.1 Å². The van der Waals surface area contributed by atoms with Crippen molar-refractivity contribution in [2.24, 2.45) is 0 Å². The number of phenols is 2. The largest absolute Gasteiger partial charge is 0.508 e. The van der Waals surface area contributed by atoms with Gasteiger partial charge >= 0.3 is 0 Å². The van der Waals surface area contributed by atoms with Crippen LogP contribution in [-0.4, -0.2) is 43.4 Å². The van der Waals surface area contributed by atoms with Gasteiger partial charge in [0.15, 0.2) is 0 Å². The molecule has 0 atom stereocenters. The van der Waals surface area contributed by atoms with Gasteiger partial charge in [-0.1, -0.05) is 0 Å². The summed E-state index contributed by atoms with van der Waals surface area (Å²) in [5.74, 6) is 3.43. The van der Waals surface area contributed by atoms with Gasteiger partial charge in [-0.15, -0.1) is 0 Å². The van der Waals surface area contributed by atoms with E-state index in [4.69, 9.17) is 9.47 Å². The second kappa shape index (κ2) is 9.58. The third-order valence-corrected chi connectivity index (χ3v) is 6.01. The van der Waals surface area contributed by atoms with Gasteiger partial charge in [0.1, 0.15) is 34.6 Å². The van der Waals surface area contributed by atoms with E-state index in [-0.39, 0.29) is 11.5 Å². The van der Waals surface area contributed by atoms with Crippen LogP contribution in [0.3, 0.4) is 0 Å². The van der Waals surface area contributed by atoms with Crippen LogP contribution in [0.1, 0.15) is 6.42 Å². The number of fused-ring (bicyclic) bond motifs is 2. The quantitative estimate of drug-likeness (QED) is 0.193. The Bertz CT molecular complexity index is 1550. The van der Waals surface area contributed by atoms with E-state index >= 15 is 0 Å². The predicted molar refractivity (Wildman–Crippen MR) is 142 cm³/mol. The molecule has 6 rings (SSSR count). The molecule has 2 heterocycles. The Hall–Kier alpha value is -4.98. The molecular formula is C29H24N4O4. The number of imidazole rings is 2. The highest BCUT2D eigenvalue weighted by Crippen LogP contribution is 2.26. The van der Waals surface area contributed by atoms with E-state index in [1.165, 1.54) is 0 Å². The Kier molecular flexibility index (Phi) is 5.82. The van der Waals surface area contributed by atoms with E-state index in [9.17, 15) is 10.2 Å². The first-order chi connectivity index (χ1) is 18.1. The number of benzene rings is 4. The third-order valence-electron chi connectivity index (χ3n) is 6.01. The highest BCUT2D eigenvalue weighted by Gasteiger charge is 2.08. The summed E-state index contributed by atoms with van der Waals surface area (Å²) >= 11 is 0. The monoisotopic (exact) mass is 492 g/mol. The lowest BCUT2D eigenvalue weighted by Crippen LogP contribution is -2.05. The average molecular weight is 493 g/mol. The molecule has 8 heteroatoms. The van der Waals surface area contributed by atoms with Crippen LogP contribution in [0.2, 0.25) is 0 Å².